The van der Waals surface area contributed by atoms with Crippen LogP contribution in [-0.4, -0.2) is 17.6 Å². The Morgan fingerprint density at radius 3 is 2.76 bits per heavy atom. The summed E-state index contributed by atoms with van der Waals surface area (Å²) in [5.41, 5.74) is 2.35. The number of aromatic nitrogens is 1. The van der Waals surface area contributed by atoms with Gasteiger partial charge in [0.2, 0.25) is 0 Å². The molecule has 0 spiro atoms. The van der Waals surface area contributed by atoms with E-state index in [1.165, 1.54) is 7.11 Å². The van der Waals surface area contributed by atoms with E-state index in [1.54, 1.807) is 16.7 Å². The van der Waals surface area contributed by atoms with Crippen LogP contribution in [-0.2, 0) is 4.74 Å². The number of benzene rings is 1. The van der Waals surface area contributed by atoms with Gasteiger partial charge < -0.3 is 9.30 Å². The lowest BCUT2D eigenvalue weighted by Crippen LogP contribution is -2.08. The molecule has 0 unspecified atom stereocenters. The number of hydrogen-bond donors (Lipinski definition) is 0. The number of hydrogen-bond acceptors (Lipinski definition) is 2. The van der Waals surface area contributed by atoms with E-state index in [0.717, 1.165) is 11.3 Å². The molecule has 1 aromatic carbocycles. The highest BCUT2D eigenvalue weighted by molar-refractivity contribution is 6.31. The molecule has 0 amide bonds. The van der Waals surface area contributed by atoms with E-state index in [1.807, 2.05) is 31.3 Å². The van der Waals surface area contributed by atoms with Gasteiger partial charge in [0.15, 0.2) is 0 Å². The Morgan fingerprint density at radius 2 is 2.12 bits per heavy atom. The molecule has 0 saturated carbocycles. The minimum absolute atomic E-state index is 0.359. The number of carbonyl (C=O) groups excluding carboxylic acids is 1. The van der Waals surface area contributed by atoms with E-state index >= 15 is 0 Å². The number of ether oxygens (including phenoxy) is 1. The largest absolute Gasteiger partial charge is 0.464 e. The van der Waals surface area contributed by atoms with Crippen LogP contribution in [0.4, 0.5) is 0 Å². The first-order valence-corrected chi connectivity index (χ1v) is 5.53. The first kappa shape index (κ1) is 11.7. The Bertz CT molecular complexity index is 560. The third-order valence-electron chi connectivity index (χ3n) is 2.56. The molecule has 2 aromatic rings. The summed E-state index contributed by atoms with van der Waals surface area (Å²) in [5, 5.41) is 0.709. The summed E-state index contributed by atoms with van der Waals surface area (Å²) in [6.07, 6.45) is 1.81. The molecule has 1 heterocycles. The summed E-state index contributed by atoms with van der Waals surface area (Å²) in [7, 11) is 1.37. The first-order chi connectivity index (χ1) is 8.13. The van der Waals surface area contributed by atoms with Crippen molar-refractivity contribution in [3.63, 3.8) is 0 Å². The summed E-state index contributed by atoms with van der Waals surface area (Å²) in [6, 6.07) is 9.12. The fraction of sp³-hybridized carbons (Fsp3) is 0.154. The van der Waals surface area contributed by atoms with E-state index in [0.29, 0.717) is 10.7 Å². The molecular formula is C13H12ClNO2. The van der Waals surface area contributed by atoms with Crippen molar-refractivity contribution in [1.29, 1.82) is 0 Å². The predicted octanol–water partition coefficient (Wildman–Crippen LogP) is 3.23. The maximum atomic E-state index is 11.6. The monoisotopic (exact) mass is 249 g/mol. The molecule has 0 aliphatic carbocycles. The molecule has 0 aliphatic heterocycles. The lowest BCUT2D eigenvalue weighted by molar-refractivity contribution is 0.0591. The average Bonchev–Trinajstić information content (AvgIpc) is 2.80. The van der Waals surface area contributed by atoms with Crippen molar-refractivity contribution in [2.75, 3.05) is 7.11 Å². The van der Waals surface area contributed by atoms with Crippen molar-refractivity contribution in [2.45, 2.75) is 6.92 Å². The number of methoxy groups -OCH3 is 1. The Morgan fingerprint density at radius 1 is 1.35 bits per heavy atom. The van der Waals surface area contributed by atoms with Crippen LogP contribution in [0.3, 0.4) is 0 Å². The molecule has 88 valence electrons. The van der Waals surface area contributed by atoms with Crippen molar-refractivity contribution >= 4 is 17.6 Å². The molecule has 0 bridgehead atoms. The van der Waals surface area contributed by atoms with Crippen molar-refractivity contribution in [2.24, 2.45) is 0 Å². The topological polar surface area (TPSA) is 31.2 Å². The third kappa shape index (κ3) is 2.19. The number of aryl methyl sites for hydroxylation is 1. The van der Waals surface area contributed by atoms with Crippen molar-refractivity contribution in [1.82, 2.24) is 4.57 Å². The SMILES string of the molecule is COC(=O)c1cccn1-c1ccc(Cl)c(C)c1. The van der Waals surface area contributed by atoms with Gasteiger partial charge in [0.1, 0.15) is 5.69 Å². The highest BCUT2D eigenvalue weighted by Gasteiger charge is 2.12. The van der Waals surface area contributed by atoms with Gasteiger partial charge in [-0.1, -0.05) is 11.6 Å². The molecule has 3 nitrogen and oxygen atoms in total. The smallest absolute Gasteiger partial charge is 0.355 e. The van der Waals surface area contributed by atoms with Crippen LogP contribution in [0.2, 0.25) is 5.02 Å². The van der Waals surface area contributed by atoms with Gasteiger partial charge in [0, 0.05) is 16.9 Å². The van der Waals surface area contributed by atoms with Crippen LogP contribution in [0.15, 0.2) is 36.5 Å². The number of rotatable bonds is 2. The molecule has 2 rings (SSSR count). The molecule has 4 heteroatoms. The molecule has 0 radical (unpaired) electrons. The standard InChI is InChI=1S/C13H12ClNO2/c1-9-8-10(5-6-11(9)14)15-7-3-4-12(15)13(16)17-2/h3-8H,1-2H3. The van der Waals surface area contributed by atoms with Crippen LogP contribution in [0.1, 0.15) is 16.1 Å². The van der Waals surface area contributed by atoms with Gasteiger partial charge in [-0.15, -0.1) is 0 Å². The van der Waals surface area contributed by atoms with Crippen LogP contribution >= 0.6 is 11.6 Å². The first-order valence-electron chi connectivity index (χ1n) is 5.15. The maximum Gasteiger partial charge on any atom is 0.355 e. The Labute approximate surface area is 105 Å². The lowest BCUT2D eigenvalue weighted by atomic mass is 10.2. The van der Waals surface area contributed by atoms with Crippen molar-refractivity contribution in [3.05, 3.63) is 52.8 Å². The van der Waals surface area contributed by atoms with Gasteiger partial charge in [-0.2, -0.15) is 0 Å². The summed E-state index contributed by atoms with van der Waals surface area (Å²) in [4.78, 5) is 11.6. The molecule has 0 fully saturated rings. The lowest BCUT2D eigenvalue weighted by Gasteiger charge is -2.09. The highest BCUT2D eigenvalue weighted by atomic mass is 35.5. The van der Waals surface area contributed by atoms with Gasteiger partial charge in [0.25, 0.3) is 0 Å². The summed E-state index contributed by atoms with van der Waals surface area (Å²) in [5.74, 6) is -0.359. The molecular weight excluding hydrogens is 238 g/mol. The Kier molecular flexibility index (Phi) is 3.20. The van der Waals surface area contributed by atoms with Gasteiger partial charge in [-0.05, 0) is 42.8 Å². The van der Waals surface area contributed by atoms with E-state index in [2.05, 4.69) is 0 Å². The summed E-state index contributed by atoms with van der Waals surface area (Å²) in [6.45, 7) is 1.92. The van der Waals surface area contributed by atoms with Crippen LogP contribution < -0.4 is 0 Å². The summed E-state index contributed by atoms with van der Waals surface area (Å²) < 4.78 is 6.50. The number of nitrogens with zero attached hydrogens (tertiary/aromatic N) is 1. The van der Waals surface area contributed by atoms with Gasteiger partial charge in [0.05, 0.1) is 7.11 Å². The molecule has 0 aliphatic rings. The maximum absolute atomic E-state index is 11.6. The predicted molar refractivity (Wildman–Crippen MR) is 66.9 cm³/mol. The number of halogens is 1. The third-order valence-corrected chi connectivity index (χ3v) is 2.99. The fourth-order valence-corrected chi connectivity index (χ4v) is 1.77. The normalized spacial score (nSPS) is 10.3. The average molecular weight is 250 g/mol. The van der Waals surface area contributed by atoms with Crippen molar-refractivity contribution < 1.29 is 9.53 Å². The van der Waals surface area contributed by atoms with E-state index in [4.69, 9.17) is 16.3 Å². The molecule has 17 heavy (non-hydrogen) atoms. The second kappa shape index (κ2) is 4.63. The second-order valence-electron chi connectivity index (χ2n) is 3.69. The summed E-state index contributed by atoms with van der Waals surface area (Å²) >= 11 is 5.97. The quantitative estimate of drug-likeness (QED) is 0.766. The number of esters is 1. The van der Waals surface area contributed by atoms with Crippen LogP contribution in [0, 0.1) is 6.92 Å². The van der Waals surface area contributed by atoms with E-state index in [9.17, 15) is 4.79 Å². The second-order valence-corrected chi connectivity index (χ2v) is 4.10. The molecule has 0 atom stereocenters. The zero-order chi connectivity index (χ0) is 12.4. The van der Waals surface area contributed by atoms with Gasteiger partial charge in [-0.25, -0.2) is 4.79 Å². The van der Waals surface area contributed by atoms with Crippen molar-refractivity contribution in [3.8, 4) is 5.69 Å². The Balaban J connectivity index is 2.50. The van der Waals surface area contributed by atoms with Crippen LogP contribution in [0.5, 0.6) is 0 Å². The zero-order valence-corrected chi connectivity index (χ0v) is 10.4. The van der Waals surface area contributed by atoms with Gasteiger partial charge in [-0.3, -0.25) is 0 Å². The fourth-order valence-electron chi connectivity index (χ4n) is 1.66. The number of carbonyl (C=O) groups is 1. The highest BCUT2D eigenvalue weighted by Crippen LogP contribution is 2.20. The minimum atomic E-state index is -0.359. The zero-order valence-electron chi connectivity index (χ0n) is 9.61. The minimum Gasteiger partial charge on any atom is -0.464 e. The molecule has 1 aromatic heterocycles. The van der Waals surface area contributed by atoms with Gasteiger partial charge >= 0.3 is 5.97 Å². The van der Waals surface area contributed by atoms with E-state index < -0.39 is 0 Å². The van der Waals surface area contributed by atoms with Crippen LogP contribution in [0.25, 0.3) is 5.69 Å². The molecule has 0 N–H and O–H groups in total. The van der Waals surface area contributed by atoms with E-state index in [-0.39, 0.29) is 5.97 Å². The Hall–Kier alpha value is -1.74. The molecule has 0 saturated heterocycles.